The zero-order valence-corrected chi connectivity index (χ0v) is 32.5. The predicted octanol–water partition coefficient (Wildman–Crippen LogP) is 12.2. The zero-order chi connectivity index (χ0) is 37.3. The highest BCUT2D eigenvalue weighted by atomic mass is 15.2. The highest BCUT2D eigenvalue weighted by Crippen LogP contribution is 2.60. The Balaban J connectivity index is 1.09. The van der Waals surface area contributed by atoms with E-state index in [2.05, 4.69) is 161 Å². The van der Waals surface area contributed by atoms with Gasteiger partial charge in [-0.3, -0.25) is 0 Å². The van der Waals surface area contributed by atoms with E-state index in [1.54, 1.807) is 16.7 Å². The van der Waals surface area contributed by atoms with Gasteiger partial charge in [-0.05, 0) is 123 Å². The van der Waals surface area contributed by atoms with Gasteiger partial charge in [0.15, 0.2) is 0 Å². The van der Waals surface area contributed by atoms with Crippen LogP contribution in [0.4, 0.5) is 34.1 Å². The highest BCUT2D eigenvalue weighted by molar-refractivity contribution is 7.00. The normalized spacial score (nSPS) is 18.4. The minimum Gasteiger partial charge on any atom is -0.311 e. The summed E-state index contributed by atoms with van der Waals surface area (Å²) < 4.78 is 0. The summed E-state index contributed by atoms with van der Waals surface area (Å²) in [6.07, 6.45) is 12.8. The first kappa shape index (κ1) is 32.3. The molecular formula is C54H45BN2. The molecule has 3 heteroatoms. The Kier molecular flexibility index (Phi) is 6.73. The topological polar surface area (TPSA) is 6.48 Å². The minimum atomic E-state index is 0.0872. The van der Waals surface area contributed by atoms with Gasteiger partial charge in [-0.1, -0.05) is 148 Å². The fourth-order valence-electron chi connectivity index (χ4n) is 13.0. The summed E-state index contributed by atoms with van der Waals surface area (Å²) in [5, 5.41) is 0. The third-order valence-corrected chi connectivity index (χ3v) is 15.2. The Hall–Kier alpha value is -5.80. The van der Waals surface area contributed by atoms with E-state index in [0.29, 0.717) is 0 Å². The Morgan fingerprint density at radius 1 is 0.368 bits per heavy atom. The number of para-hydroxylation sites is 2. The first-order valence-electron chi connectivity index (χ1n) is 21.7. The largest absolute Gasteiger partial charge is 0.311 e. The fourth-order valence-corrected chi connectivity index (χ4v) is 13.0. The molecule has 2 nitrogen and oxygen atoms in total. The molecule has 57 heavy (non-hydrogen) atoms. The van der Waals surface area contributed by atoms with Gasteiger partial charge in [-0.15, -0.1) is 0 Å². The molecule has 4 aliphatic carbocycles. The maximum Gasteiger partial charge on any atom is 0.252 e. The molecule has 7 aromatic rings. The van der Waals surface area contributed by atoms with Crippen molar-refractivity contribution in [2.24, 2.45) is 0 Å². The van der Waals surface area contributed by atoms with Gasteiger partial charge in [-0.25, -0.2) is 0 Å². The van der Waals surface area contributed by atoms with Gasteiger partial charge < -0.3 is 9.80 Å². The lowest BCUT2D eigenvalue weighted by molar-refractivity contribution is 0.353. The van der Waals surface area contributed by atoms with Crippen molar-refractivity contribution < 1.29 is 0 Å². The van der Waals surface area contributed by atoms with Crippen molar-refractivity contribution in [2.45, 2.75) is 75.0 Å². The first-order valence-corrected chi connectivity index (χ1v) is 21.7. The van der Waals surface area contributed by atoms with Gasteiger partial charge in [0.05, 0.1) is 5.69 Å². The van der Waals surface area contributed by atoms with E-state index < -0.39 is 0 Å². The second-order valence-electron chi connectivity index (χ2n) is 17.7. The SMILES string of the molecule is c1ccc(N2c3cc4c(cc3B3c5ccccc5N(c5cccc6c5-c5ccccc5C65CCCCC5)c5cccc2c53)C2(CCCCC2)c2ccccc2-4)cc1. The first-order chi connectivity index (χ1) is 28.3. The molecule has 7 aromatic carbocycles. The lowest BCUT2D eigenvalue weighted by Crippen LogP contribution is -2.61. The summed E-state index contributed by atoms with van der Waals surface area (Å²) in [6, 6.07) is 58.9. The van der Waals surface area contributed by atoms with Crippen LogP contribution < -0.4 is 26.2 Å². The molecule has 6 aliphatic rings. The molecule has 2 fully saturated rings. The molecule has 0 atom stereocenters. The molecule has 0 N–H and O–H groups in total. The average Bonchev–Trinajstić information content (AvgIpc) is 3.69. The summed E-state index contributed by atoms with van der Waals surface area (Å²) in [4.78, 5) is 5.25. The van der Waals surface area contributed by atoms with Gasteiger partial charge in [0.2, 0.25) is 0 Å². The van der Waals surface area contributed by atoms with Crippen LogP contribution in [-0.4, -0.2) is 6.71 Å². The van der Waals surface area contributed by atoms with Gasteiger partial charge in [0.1, 0.15) is 0 Å². The molecule has 274 valence electrons. The number of rotatable bonds is 2. The summed E-state index contributed by atoms with van der Waals surface area (Å²) in [5.74, 6) is 0. The molecule has 0 bridgehead atoms. The van der Waals surface area contributed by atoms with E-state index in [9.17, 15) is 0 Å². The Morgan fingerprint density at radius 2 is 0.930 bits per heavy atom. The lowest BCUT2D eigenvalue weighted by Gasteiger charge is -2.45. The van der Waals surface area contributed by atoms with Crippen molar-refractivity contribution >= 4 is 57.2 Å². The molecule has 2 aliphatic heterocycles. The summed E-state index contributed by atoms with van der Waals surface area (Å²) in [7, 11) is 0. The fraction of sp³-hybridized carbons (Fsp3) is 0.222. The predicted molar refractivity (Wildman–Crippen MR) is 239 cm³/mol. The van der Waals surface area contributed by atoms with Crippen molar-refractivity contribution in [3.63, 3.8) is 0 Å². The standard InChI is InChI=1S/C54H45BN2/c1-4-18-36(19-5-1)56-48-28-17-29-49-52(48)55(45-35-43-39(34-50(45)56)37-20-6-8-22-40(37)54(43)32-14-3-15-33-54)44-25-10-11-26-46(44)57(49)47-27-16-24-42-51(47)38-21-7-9-23-41(38)53(42)30-12-2-13-31-53/h1,4-11,16-29,34-35H,2-3,12-15,30-33H2. The van der Waals surface area contributed by atoms with E-state index in [1.165, 1.54) is 143 Å². The quantitative estimate of drug-likeness (QED) is 0.163. The Labute approximate surface area is 336 Å². The maximum absolute atomic E-state index is 2.70. The monoisotopic (exact) mass is 732 g/mol. The number of anilines is 6. The molecule has 0 amide bonds. The Morgan fingerprint density at radius 3 is 1.70 bits per heavy atom. The molecule has 2 spiro atoms. The molecule has 13 rings (SSSR count). The summed E-state index contributed by atoms with van der Waals surface area (Å²) in [6.45, 7) is 0.113. The maximum atomic E-state index is 2.70. The Bertz CT molecular complexity index is 2790. The van der Waals surface area contributed by atoms with Gasteiger partial charge in [0.25, 0.3) is 6.71 Å². The van der Waals surface area contributed by atoms with Crippen molar-refractivity contribution in [2.75, 3.05) is 9.80 Å². The third kappa shape index (κ3) is 4.17. The number of benzene rings is 7. The van der Waals surface area contributed by atoms with E-state index in [1.807, 2.05) is 0 Å². The smallest absolute Gasteiger partial charge is 0.252 e. The minimum absolute atomic E-state index is 0.0872. The number of fused-ring (bicyclic) bond motifs is 14. The summed E-state index contributed by atoms with van der Waals surface area (Å²) in [5.41, 5.74) is 24.1. The van der Waals surface area contributed by atoms with Crippen molar-refractivity contribution in [3.05, 3.63) is 174 Å². The molecule has 0 radical (unpaired) electrons. The second-order valence-corrected chi connectivity index (χ2v) is 17.7. The summed E-state index contributed by atoms with van der Waals surface area (Å²) >= 11 is 0. The van der Waals surface area contributed by atoms with Crippen molar-refractivity contribution in [1.29, 1.82) is 0 Å². The zero-order valence-electron chi connectivity index (χ0n) is 32.5. The molecule has 0 aromatic heterocycles. The van der Waals surface area contributed by atoms with Crippen molar-refractivity contribution in [3.8, 4) is 22.3 Å². The number of hydrogen-bond donors (Lipinski definition) is 0. The molecule has 2 saturated carbocycles. The third-order valence-electron chi connectivity index (χ3n) is 15.2. The average molecular weight is 733 g/mol. The van der Waals surface area contributed by atoms with Gasteiger partial charge in [0, 0.05) is 44.8 Å². The molecular weight excluding hydrogens is 687 g/mol. The van der Waals surface area contributed by atoms with Crippen molar-refractivity contribution in [1.82, 2.24) is 0 Å². The molecule has 0 unspecified atom stereocenters. The lowest BCUT2D eigenvalue weighted by atomic mass is 9.33. The number of nitrogens with zero attached hydrogens (tertiary/aromatic N) is 2. The highest BCUT2D eigenvalue weighted by Gasteiger charge is 2.50. The molecule has 2 heterocycles. The van der Waals surface area contributed by atoms with E-state index in [4.69, 9.17) is 0 Å². The van der Waals surface area contributed by atoms with E-state index in [-0.39, 0.29) is 17.5 Å². The van der Waals surface area contributed by atoms with Crippen LogP contribution in [0.3, 0.4) is 0 Å². The van der Waals surface area contributed by atoms with Crippen LogP contribution >= 0.6 is 0 Å². The van der Waals surface area contributed by atoms with Crippen LogP contribution in [0.25, 0.3) is 22.3 Å². The van der Waals surface area contributed by atoms with Crippen LogP contribution in [0.5, 0.6) is 0 Å². The van der Waals surface area contributed by atoms with Crippen LogP contribution in [0, 0.1) is 0 Å². The second kappa shape index (κ2) is 11.9. The molecule has 0 saturated heterocycles. The number of hydrogen-bond acceptors (Lipinski definition) is 2. The van der Waals surface area contributed by atoms with Crippen LogP contribution in [-0.2, 0) is 10.8 Å². The van der Waals surface area contributed by atoms with Crippen LogP contribution in [0.1, 0.15) is 86.5 Å². The van der Waals surface area contributed by atoms with Crippen LogP contribution in [0.2, 0.25) is 0 Å². The van der Waals surface area contributed by atoms with E-state index in [0.717, 1.165) is 0 Å². The van der Waals surface area contributed by atoms with E-state index >= 15 is 0 Å². The van der Waals surface area contributed by atoms with Gasteiger partial charge >= 0.3 is 0 Å². The van der Waals surface area contributed by atoms with Gasteiger partial charge in [-0.2, -0.15) is 0 Å². The van der Waals surface area contributed by atoms with Crippen LogP contribution in [0.15, 0.2) is 152 Å².